The summed E-state index contributed by atoms with van der Waals surface area (Å²) in [4.78, 5) is 14.0. The Balaban J connectivity index is 1.48. The Bertz CT molecular complexity index is 984. The zero-order chi connectivity index (χ0) is 17.8. The monoisotopic (exact) mass is 380 g/mol. The number of hydrogen-bond donors (Lipinski definition) is 1. The number of benzene rings is 1. The molecule has 5 heteroatoms. The van der Waals surface area contributed by atoms with Gasteiger partial charge in [-0.25, -0.2) is 0 Å². The zero-order valence-electron chi connectivity index (χ0n) is 14.4. The highest BCUT2D eigenvalue weighted by molar-refractivity contribution is 7.17. The average Bonchev–Trinajstić information content (AvgIpc) is 3.38. The number of rotatable bonds is 7. The second-order valence-electron chi connectivity index (χ2n) is 6.17. The molecule has 1 N–H and O–H groups in total. The topological polar surface area (TPSA) is 34.0 Å². The van der Waals surface area contributed by atoms with E-state index in [0.29, 0.717) is 6.54 Å². The Kier molecular flexibility index (Phi) is 5.18. The summed E-state index contributed by atoms with van der Waals surface area (Å²) in [6, 6.07) is 18.7. The fourth-order valence-electron chi connectivity index (χ4n) is 3.14. The molecule has 0 saturated heterocycles. The Labute approximate surface area is 160 Å². The van der Waals surface area contributed by atoms with Crippen LogP contribution in [0.25, 0.3) is 10.2 Å². The third-order valence-electron chi connectivity index (χ3n) is 4.46. The van der Waals surface area contributed by atoms with Crippen LogP contribution in [0.15, 0.2) is 65.4 Å². The second kappa shape index (κ2) is 7.89. The van der Waals surface area contributed by atoms with Crippen molar-refractivity contribution in [2.45, 2.75) is 19.4 Å². The highest BCUT2D eigenvalue weighted by atomic mass is 32.1. The molecule has 4 rings (SSSR count). The van der Waals surface area contributed by atoms with Gasteiger partial charge in [-0.3, -0.25) is 4.79 Å². The van der Waals surface area contributed by atoms with Crippen molar-refractivity contribution in [3.8, 4) is 0 Å². The minimum absolute atomic E-state index is 0.0121. The third-order valence-corrected chi connectivity index (χ3v) is 6.25. The molecule has 0 unspecified atom stereocenters. The molecular weight excluding hydrogens is 360 g/mol. The molecule has 3 nitrogen and oxygen atoms in total. The van der Waals surface area contributed by atoms with Crippen LogP contribution >= 0.6 is 22.7 Å². The minimum atomic E-state index is 0.0121. The molecule has 0 aliphatic carbocycles. The van der Waals surface area contributed by atoms with Gasteiger partial charge >= 0.3 is 0 Å². The first-order valence-corrected chi connectivity index (χ1v) is 10.5. The van der Waals surface area contributed by atoms with E-state index in [2.05, 4.69) is 57.0 Å². The highest BCUT2D eigenvalue weighted by Crippen LogP contribution is 2.25. The number of hydrogen-bond acceptors (Lipinski definition) is 3. The largest absolute Gasteiger partial charge is 0.350 e. The minimum Gasteiger partial charge on any atom is -0.350 e. The SMILES string of the molecule is O=C(NCCc1cccs1)c1cc2sccc2n1CCc1ccccc1. The first-order chi connectivity index (χ1) is 12.8. The number of nitrogens with zero attached hydrogens (tertiary/aromatic N) is 1. The van der Waals surface area contributed by atoms with E-state index in [1.165, 1.54) is 15.1 Å². The van der Waals surface area contributed by atoms with Crippen molar-refractivity contribution in [1.29, 1.82) is 0 Å². The van der Waals surface area contributed by atoms with E-state index in [4.69, 9.17) is 0 Å². The lowest BCUT2D eigenvalue weighted by molar-refractivity contribution is 0.0945. The number of carbonyl (C=O) groups excluding carboxylic acids is 1. The molecule has 0 aliphatic rings. The van der Waals surface area contributed by atoms with Crippen LogP contribution < -0.4 is 5.32 Å². The fraction of sp³-hybridized carbons (Fsp3) is 0.190. The predicted molar refractivity (Wildman–Crippen MR) is 110 cm³/mol. The Hall–Kier alpha value is -2.37. The van der Waals surface area contributed by atoms with E-state index in [9.17, 15) is 4.79 Å². The van der Waals surface area contributed by atoms with Crippen LogP contribution in [-0.4, -0.2) is 17.0 Å². The van der Waals surface area contributed by atoms with Crippen LogP contribution in [0.1, 0.15) is 20.9 Å². The quantitative estimate of drug-likeness (QED) is 0.482. The molecule has 4 aromatic rings. The van der Waals surface area contributed by atoms with Gasteiger partial charge in [-0.15, -0.1) is 22.7 Å². The van der Waals surface area contributed by atoms with Crippen molar-refractivity contribution in [3.05, 3.63) is 81.5 Å². The summed E-state index contributed by atoms with van der Waals surface area (Å²) in [5.74, 6) is 0.0121. The maximum absolute atomic E-state index is 12.7. The number of thiophene rings is 2. The number of amides is 1. The lowest BCUT2D eigenvalue weighted by Gasteiger charge is -2.11. The second-order valence-corrected chi connectivity index (χ2v) is 8.15. The zero-order valence-corrected chi connectivity index (χ0v) is 16.0. The molecule has 0 aliphatic heterocycles. The van der Waals surface area contributed by atoms with E-state index in [0.717, 1.165) is 30.6 Å². The molecule has 1 amide bonds. The maximum atomic E-state index is 12.7. The Morgan fingerprint density at radius 1 is 0.962 bits per heavy atom. The van der Waals surface area contributed by atoms with Gasteiger partial charge in [-0.2, -0.15) is 0 Å². The van der Waals surface area contributed by atoms with E-state index >= 15 is 0 Å². The van der Waals surface area contributed by atoms with Gasteiger partial charge < -0.3 is 9.88 Å². The van der Waals surface area contributed by atoms with Crippen LogP contribution in [0, 0.1) is 0 Å². The molecule has 0 saturated carbocycles. The molecule has 0 fully saturated rings. The molecule has 3 heterocycles. The van der Waals surface area contributed by atoms with Crippen molar-refractivity contribution < 1.29 is 4.79 Å². The van der Waals surface area contributed by atoms with Gasteiger partial charge in [-0.05, 0) is 47.4 Å². The summed E-state index contributed by atoms with van der Waals surface area (Å²) in [6.45, 7) is 1.47. The summed E-state index contributed by atoms with van der Waals surface area (Å²) in [5.41, 5.74) is 3.19. The average molecular weight is 381 g/mol. The first kappa shape index (κ1) is 17.1. The number of fused-ring (bicyclic) bond motifs is 1. The molecule has 26 heavy (non-hydrogen) atoms. The van der Waals surface area contributed by atoms with Crippen molar-refractivity contribution in [3.63, 3.8) is 0 Å². The third kappa shape index (κ3) is 3.74. The molecule has 0 atom stereocenters. The summed E-state index contributed by atoms with van der Waals surface area (Å²) in [5, 5.41) is 7.23. The molecule has 0 bridgehead atoms. The summed E-state index contributed by atoms with van der Waals surface area (Å²) in [7, 11) is 0. The Morgan fingerprint density at radius 3 is 2.65 bits per heavy atom. The lowest BCUT2D eigenvalue weighted by Crippen LogP contribution is -2.28. The van der Waals surface area contributed by atoms with E-state index < -0.39 is 0 Å². The fourth-order valence-corrected chi connectivity index (χ4v) is 4.67. The van der Waals surface area contributed by atoms with Crippen LogP contribution in [0.5, 0.6) is 0 Å². The molecule has 1 aromatic carbocycles. The van der Waals surface area contributed by atoms with Gasteiger partial charge in [0.1, 0.15) is 5.69 Å². The first-order valence-electron chi connectivity index (χ1n) is 8.72. The van der Waals surface area contributed by atoms with E-state index in [1.807, 2.05) is 18.2 Å². The van der Waals surface area contributed by atoms with Crippen molar-refractivity contribution in [2.75, 3.05) is 6.54 Å². The van der Waals surface area contributed by atoms with Crippen molar-refractivity contribution >= 4 is 38.8 Å². The van der Waals surface area contributed by atoms with Gasteiger partial charge in [0.15, 0.2) is 0 Å². The van der Waals surface area contributed by atoms with Gasteiger partial charge in [0.2, 0.25) is 0 Å². The van der Waals surface area contributed by atoms with Crippen LogP contribution in [-0.2, 0) is 19.4 Å². The lowest BCUT2D eigenvalue weighted by atomic mass is 10.1. The van der Waals surface area contributed by atoms with Crippen molar-refractivity contribution in [2.24, 2.45) is 0 Å². The van der Waals surface area contributed by atoms with Crippen LogP contribution in [0.2, 0.25) is 0 Å². The van der Waals surface area contributed by atoms with E-state index in [-0.39, 0.29) is 5.91 Å². The standard InChI is InChI=1S/C21H20N2OS2/c24-21(22-11-8-17-7-4-13-25-17)19-15-20-18(10-14-26-20)23(19)12-9-16-5-2-1-3-6-16/h1-7,10,13-15H,8-9,11-12H2,(H,22,24). The van der Waals surface area contributed by atoms with Crippen molar-refractivity contribution in [1.82, 2.24) is 9.88 Å². The smallest absolute Gasteiger partial charge is 0.267 e. The van der Waals surface area contributed by atoms with Gasteiger partial charge in [0.25, 0.3) is 5.91 Å². The highest BCUT2D eigenvalue weighted by Gasteiger charge is 2.16. The molecule has 3 aromatic heterocycles. The Morgan fingerprint density at radius 2 is 1.85 bits per heavy atom. The number of aryl methyl sites for hydroxylation is 2. The summed E-state index contributed by atoms with van der Waals surface area (Å²) in [6.07, 6.45) is 1.79. The van der Waals surface area contributed by atoms with Crippen LogP contribution in [0.3, 0.4) is 0 Å². The number of carbonyl (C=O) groups is 1. The number of nitrogens with one attached hydrogen (secondary N) is 1. The number of aromatic nitrogens is 1. The van der Waals surface area contributed by atoms with Crippen LogP contribution in [0.4, 0.5) is 0 Å². The molecule has 132 valence electrons. The predicted octanol–water partition coefficient (Wildman–Crippen LogP) is 4.98. The van der Waals surface area contributed by atoms with Gasteiger partial charge in [0.05, 0.1) is 10.2 Å². The molecule has 0 radical (unpaired) electrons. The summed E-state index contributed by atoms with van der Waals surface area (Å²) >= 11 is 3.41. The van der Waals surface area contributed by atoms with Gasteiger partial charge in [-0.1, -0.05) is 36.4 Å². The summed E-state index contributed by atoms with van der Waals surface area (Å²) < 4.78 is 3.32. The normalized spacial score (nSPS) is 11.1. The molecular formula is C21H20N2OS2. The van der Waals surface area contributed by atoms with E-state index in [1.54, 1.807) is 22.7 Å². The van der Waals surface area contributed by atoms with Gasteiger partial charge in [0, 0.05) is 18.0 Å². The molecule has 0 spiro atoms. The maximum Gasteiger partial charge on any atom is 0.267 e.